The third-order valence-corrected chi connectivity index (χ3v) is 4.05. The fourth-order valence-electron chi connectivity index (χ4n) is 1.30. The molecule has 1 aromatic carbocycles. The maximum Gasteiger partial charge on any atom is 0.194 e. The molecule has 1 rings (SSSR count). The van der Waals surface area contributed by atoms with Crippen molar-refractivity contribution in [2.24, 2.45) is 5.73 Å². The molecule has 0 aromatic heterocycles. The standard InChI is InChI=1S/C12H16F3NS/c1-3-7(2)17-6-10(16)8-4-5-9(13)12(15)11(8)14/h4-5,7,10H,3,6,16H2,1-2H3. The molecule has 0 saturated carbocycles. The van der Waals surface area contributed by atoms with E-state index in [2.05, 4.69) is 0 Å². The van der Waals surface area contributed by atoms with Crippen molar-refractivity contribution < 1.29 is 13.2 Å². The molecule has 96 valence electrons. The topological polar surface area (TPSA) is 26.0 Å². The molecule has 1 aromatic rings. The zero-order valence-corrected chi connectivity index (χ0v) is 10.7. The molecular weight excluding hydrogens is 247 g/mol. The first-order valence-corrected chi connectivity index (χ1v) is 6.52. The van der Waals surface area contributed by atoms with Gasteiger partial charge in [-0.1, -0.05) is 19.9 Å². The Hall–Kier alpha value is -0.680. The molecule has 0 aliphatic carbocycles. The van der Waals surface area contributed by atoms with Gasteiger partial charge in [-0.15, -0.1) is 0 Å². The Bertz CT molecular complexity index is 384. The van der Waals surface area contributed by atoms with Crippen molar-refractivity contribution in [3.63, 3.8) is 0 Å². The molecule has 5 heteroatoms. The van der Waals surface area contributed by atoms with E-state index in [4.69, 9.17) is 5.73 Å². The van der Waals surface area contributed by atoms with Gasteiger partial charge in [-0.25, -0.2) is 13.2 Å². The van der Waals surface area contributed by atoms with Gasteiger partial charge in [-0.05, 0) is 12.5 Å². The second kappa shape index (κ2) is 6.31. The van der Waals surface area contributed by atoms with Gasteiger partial charge in [-0.2, -0.15) is 11.8 Å². The lowest BCUT2D eigenvalue weighted by Crippen LogP contribution is -2.17. The number of rotatable bonds is 5. The molecule has 0 heterocycles. The van der Waals surface area contributed by atoms with Crippen LogP contribution in [0.1, 0.15) is 31.9 Å². The van der Waals surface area contributed by atoms with Crippen molar-refractivity contribution >= 4 is 11.8 Å². The molecule has 0 spiro atoms. The monoisotopic (exact) mass is 263 g/mol. The van der Waals surface area contributed by atoms with Gasteiger partial charge in [-0.3, -0.25) is 0 Å². The Morgan fingerprint density at radius 1 is 1.24 bits per heavy atom. The minimum absolute atomic E-state index is 0.0275. The Kier molecular flexibility index (Phi) is 5.33. The first kappa shape index (κ1) is 14.4. The van der Waals surface area contributed by atoms with E-state index in [1.165, 1.54) is 6.07 Å². The van der Waals surface area contributed by atoms with E-state index in [0.29, 0.717) is 11.0 Å². The molecule has 2 atom stereocenters. The Morgan fingerprint density at radius 3 is 2.47 bits per heavy atom. The highest BCUT2D eigenvalue weighted by molar-refractivity contribution is 7.99. The molecule has 2 unspecified atom stereocenters. The zero-order chi connectivity index (χ0) is 13.0. The minimum atomic E-state index is -1.45. The summed E-state index contributed by atoms with van der Waals surface area (Å²) in [6, 6.07) is 1.49. The van der Waals surface area contributed by atoms with E-state index in [1.54, 1.807) is 11.8 Å². The van der Waals surface area contributed by atoms with Gasteiger partial charge in [0.15, 0.2) is 17.5 Å². The largest absolute Gasteiger partial charge is 0.323 e. The lowest BCUT2D eigenvalue weighted by atomic mass is 10.1. The number of benzene rings is 1. The summed E-state index contributed by atoms with van der Waals surface area (Å²) in [5.41, 5.74) is 5.80. The Labute approximate surface area is 104 Å². The van der Waals surface area contributed by atoms with Crippen LogP contribution in [0, 0.1) is 17.5 Å². The first-order chi connectivity index (χ1) is 7.97. The number of hydrogen-bond donors (Lipinski definition) is 1. The van der Waals surface area contributed by atoms with E-state index < -0.39 is 23.5 Å². The average molecular weight is 263 g/mol. The molecule has 1 nitrogen and oxygen atoms in total. The smallest absolute Gasteiger partial charge is 0.194 e. The Balaban J connectivity index is 2.76. The summed E-state index contributed by atoms with van der Waals surface area (Å²) in [5.74, 6) is -3.33. The van der Waals surface area contributed by atoms with Crippen molar-refractivity contribution in [2.45, 2.75) is 31.6 Å². The van der Waals surface area contributed by atoms with Gasteiger partial charge in [0.25, 0.3) is 0 Å². The maximum absolute atomic E-state index is 13.4. The van der Waals surface area contributed by atoms with Gasteiger partial charge in [0, 0.05) is 22.6 Å². The highest BCUT2D eigenvalue weighted by atomic mass is 32.2. The average Bonchev–Trinajstić information content (AvgIpc) is 2.32. The number of nitrogens with two attached hydrogens (primary N) is 1. The second-order valence-electron chi connectivity index (χ2n) is 3.92. The van der Waals surface area contributed by atoms with Gasteiger partial charge >= 0.3 is 0 Å². The van der Waals surface area contributed by atoms with Crippen LogP contribution in [-0.4, -0.2) is 11.0 Å². The van der Waals surface area contributed by atoms with Gasteiger partial charge in [0.05, 0.1) is 0 Å². The quantitative estimate of drug-likeness (QED) is 0.821. The third kappa shape index (κ3) is 3.64. The molecule has 2 N–H and O–H groups in total. The second-order valence-corrected chi connectivity index (χ2v) is 5.39. The van der Waals surface area contributed by atoms with Crippen molar-refractivity contribution in [1.82, 2.24) is 0 Å². The van der Waals surface area contributed by atoms with Crippen LogP contribution in [0.25, 0.3) is 0 Å². The fraction of sp³-hybridized carbons (Fsp3) is 0.500. The lowest BCUT2D eigenvalue weighted by molar-refractivity contribution is 0.437. The van der Waals surface area contributed by atoms with E-state index in [-0.39, 0.29) is 5.56 Å². The summed E-state index contributed by atoms with van der Waals surface area (Å²) < 4.78 is 39.1. The molecule has 0 amide bonds. The Morgan fingerprint density at radius 2 is 1.88 bits per heavy atom. The van der Waals surface area contributed by atoms with Crippen LogP contribution in [0.2, 0.25) is 0 Å². The molecule has 17 heavy (non-hydrogen) atoms. The van der Waals surface area contributed by atoms with Gasteiger partial charge in [0.2, 0.25) is 0 Å². The molecule has 0 aliphatic rings. The molecule has 0 radical (unpaired) electrons. The molecular formula is C12H16F3NS. The molecule has 0 bridgehead atoms. The normalized spacial score (nSPS) is 14.7. The van der Waals surface area contributed by atoms with Crippen molar-refractivity contribution in [2.75, 3.05) is 5.75 Å². The predicted molar refractivity (Wildman–Crippen MR) is 65.5 cm³/mol. The van der Waals surface area contributed by atoms with E-state index in [0.717, 1.165) is 12.5 Å². The molecule has 0 aliphatic heterocycles. The summed E-state index contributed by atoms with van der Waals surface area (Å²) in [4.78, 5) is 0. The summed E-state index contributed by atoms with van der Waals surface area (Å²) >= 11 is 1.59. The van der Waals surface area contributed by atoms with Crippen LogP contribution in [-0.2, 0) is 0 Å². The summed E-state index contributed by atoms with van der Waals surface area (Å²) in [6.45, 7) is 4.08. The van der Waals surface area contributed by atoms with Crippen LogP contribution < -0.4 is 5.73 Å². The first-order valence-electron chi connectivity index (χ1n) is 5.47. The van der Waals surface area contributed by atoms with Crippen LogP contribution in [0.4, 0.5) is 13.2 Å². The maximum atomic E-state index is 13.4. The third-order valence-electron chi connectivity index (χ3n) is 2.60. The summed E-state index contributed by atoms with van der Waals surface area (Å²) in [7, 11) is 0. The number of hydrogen-bond acceptors (Lipinski definition) is 2. The van der Waals surface area contributed by atoms with Gasteiger partial charge in [0.1, 0.15) is 0 Å². The highest BCUT2D eigenvalue weighted by Gasteiger charge is 2.18. The fourth-order valence-corrected chi connectivity index (χ4v) is 2.25. The van der Waals surface area contributed by atoms with Crippen molar-refractivity contribution in [1.29, 1.82) is 0 Å². The van der Waals surface area contributed by atoms with Crippen LogP contribution in [0.5, 0.6) is 0 Å². The number of halogens is 3. The van der Waals surface area contributed by atoms with Crippen molar-refractivity contribution in [3.05, 3.63) is 35.1 Å². The lowest BCUT2D eigenvalue weighted by Gasteiger charge is -2.15. The minimum Gasteiger partial charge on any atom is -0.323 e. The van der Waals surface area contributed by atoms with Crippen molar-refractivity contribution in [3.8, 4) is 0 Å². The SMILES string of the molecule is CCC(C)SCC(N)c1ccc(F)c(F)c1F. The summed E-state index contributed by atoms with van der Waals surface area (Å²) in [5, 5.41) is 0.411. The van der Waals surface area contributed by atoms with E-state index >= 15 is 0 Å². The van der Waals surface area contributed by atoms with Crippen LogP contribution >= 0.6 is 11.8 Å². The molecule has 0 saturated heterocycles. The zero-order valence-electron chi connectivity index (χ0n) is 9.84. The van der Waals surface area contributed by atoms with Gasteiger partial charge < -0.3 is 5.73 Å². The van der Waals surface area contributed by atoms with Crippen LogP contribution in [0.3, 0.4) is 0 Å². The van der Waals surface area contributed by atoms with E-state index in [1.807, 2.05) is 13.8 Å². The molecule has 0 fully saturated rings. The highest BCUT2D eigenvalue weighted by Crippen LogP contribution is 2.25. The van der Waals surface area contributed by atoms with Crippen LogP contribution in [0.15, 0.2) is 12.1 Å². The predicted octanol–water partition coefficient (Wildman–Crippen LogP) is 3.64. The van der Waals surface area contributed by atoms with E-state index in [9.17, 15) is 13.2 Å². The number of thioether (sulfide) groups is 1. The summed E-state index contributed by atoms with van der Waals surface area (Å²) in [6.07, 6.45) is 0.984.